The summed E-state index contributed by atoms with van der Waals surface area (Å²) in [6, 6.07) is 6.41. The van der Waals surface area contributed by atoms with Gasteiger partial charge in [-0.2, -0.15) is 0 Å². The number of aryl methyl sites for hydroxylation is 2. The standard InChI is InChI=1S/C14H18BrN3/c1-4-11-8-12(7-6-10(11)3)18-9-14(16-17-18)13(15)5-2/h6-9,13H,4-5H2,1-3H3. The molecule has 0 amide bonds. The van der Waals surface area contributed by atoms with Crippen LogP contribution in [0.4, 0.5) is 0 Å². The molecule has 1 atom stereocenters. The third kappa shape index (κ3) is 2.64. The van der Waals surface area contributed by atoms with Crippen LogP contribution in [0.1, 0.15) is 41.9 Å². The average molecular weight is 308 g/mol. The SMILES string of the molecule is CCc1cc(-n2cc(C(Br)CC)nn2)ccc1C. The predicted octanol–water partition coefficient (Wildman–Crippen LogP) is 3.98. The van der Waals surface area contributed by atoms with Gasteiger partial charge in [-0.25, -0.2) is 4.68 Å². The zero-order chi connectivity index (χ0) is 13.1. The van der Waals surface area contributed by atoms with E-state index in [-0.39, 0.29) is 4.83 Å². The fraction of sp³-hybridized carbons (Fsp3) is 0.429. The molecule has 2 rings (SSSR count). The van der Waals surface area contributed by atoms with Crippen molar-refractivity contribution in [3.8, 4) is 5.69 Å². The molecular weight excluding hydrogens is 290 g/mol. The number of hydrogen-bond acceptors (Lipinski definition) is 2. The summed E-state index contributed by atoms with van der Waals surface area (Å²) in [6.07, 6.45) is 4.04. The van der Waals surface area contributed by atoms with Gasteiger partial charge in [-0.3, -0.25) is 0 Å². The van der Waals surface area contributed by atoms with E-state index in [0.717, 1.165) is 24.2 Å². The highest BCUT2D eigenvalue weighted by Gasteiger charge is 2.10. The third-order valence-electron chi connectivity index (χ3n) is 3.17. The molecule has 0 saturated heterocycles. The van der Waals surface area contributed by atoms with Gasteiger partial charge in [-0.1, -0.05) is 41.1 Å². The molecule has 1 unspecified atom stereocenters. The first-order chi connectivity index (χ1) is 8.65. The lowest BCUT2D eigenvalue weighted by Crippen LogP contribution is -1.97. The first kappa shape index (κ1) is 13.3. The van der Waals surface area contributed by atoms with Crippen LogP contribution in [-0.2, 0) is 6.42 Å². The highest BCUT2D eigenvalue weighted by atomic mass is 79.9. The van der Waals surface area contributed by atoms with Crippen molar-refractivity contribution in [3.63, 3.8) is 0 Å². The van der Waals surface area contributed by atoms with Crippen LogP contribution < -0.4 is 0 Å². The Balaban J connectivity index is 2.34. The second-order valence-electron chi connectivity index (χ2n) is 4.43. The molecule has 0 radical (unpaired) electrons. The van der Waals surface area contributed by atoms with Crippen LogP contribution >= 0.6 is 15.9 Å². The van der Waals surface area contributed by atoms with Gasteiger partial charge in [-0.15, -0.1) is 5.10 Å². The summed E-state index contributed by atoms with van der Waals surface area (Å²) in [4.78, 5) is 0.280. The van der Waals surface area contributed by atoms with Gasteiger partial charge in [0.25, 0.3) is 0 Å². The third-order valence-corrected chi connectivity index (χ3v) is 4.29. The monoisotopic (exact) mass is 307 g/mol. The van der Waals surface area contributed by atoms with Gasteiger partial charge in [0.15, 0.2) is 0 Å². The predicted molar refractivity (Wildman–Crippen MR) is 77.4 cm³/mol. The second kappa shape index (κ2) is 5.65. The molecule has 0 fully saturated rings. The number of nitrogens with zero attached hydrogens (tertiary/aromatic N) is 3. The molecule has 2 aromatic rings. The Morgan fingerprint density at radius 2 is 2.11 bits per heavy atom. The van der Waals surface area contributed by atoms with E-state index in [1.807, 2.05) is 10.9 Å². The Morgan fingerprint density at radius 3 is 2.78 bits per heavy atom. The zero-order valence-corrected chi connectivity index (χ0v) is 12.6. The molecule has 4 heteroatoms. The molecule has 0 aliphatic carbocycles. The van der Waals surface area contributed by atoms with Crippen molar-refractivity contribution in [2.24, 2.45) is 0 Å². The molecule has 18 heavy (non-hydrogen) atoms. The normalized spacial score (nSPS) is 12.7. The minimum atomic E-state index is 0.280. The van der Waals surface area contributed by atoms with Crippen molar-refractivity contribution < 1.29 is 0 Å². The van der Waals surface area contributed by atoms with Crippen LogP contribution in [0.25, 0.3) is 5.69 Å². The minimum absolute atomic E-state index is 0.280. The van der Waals surface area contributed by atoms with Crippen molar-refractivity contribution in [3.05, 3.63) is 41.2 Å². The summed E-state index contributed by atoms with van der Waals surface area (Å²) in [6.45, 7) is 6.44. The maximum atomic E-state index is 4.21. The summed E-state index contributed by atoms with van der Waals surface area (Å²) in [7, 11) is 0. The molecule has 1 heterocycles. The molecule has 0 saturated carbocycles. The lowest BCUT2D eigenvalue weighted by Gasteiger charge is -2.06. The Hall–Kier alpha value is -1.16. The number of benzene rings is 1. The summed E-state index contributed by atoms with van der Waals surface area (Å²) in [5, 5.41) is 8.40. The quantitative estimate of drug-likeness (QED) is 0.800. The summed E-state index contributed by atoms with van der Waals surface area (Å²) >= 11 is 3.59. The van der Waals surface area contributed by atoms with Crippen LogP contribution in [0.15, 0.2) is 24.4 Å². The topological polar surface area (TPSA) is 30.7 Å². The Labute approximate surface area is 116 Å². The van der Waals surface area contributed by atoms with E-state index in [2.05, 4.69) is 65.2 Å². The Bertz CT molecular complexity index is 534. The van der Waals surface area contributed by atoms with E-state index in [0.29, 0.717) is 0 Å². The average Bonchev–Trinajstić information content (AvgIpc) is 2.88. The highest BCUT2D eigenvalue weighted by Crippen LogP contribution is 2.24. The van der Waals surface area contributed by atoms with Gasteiger partial charge < -0.3 is 0 Å². The van der Waals surface area contributed by atoms with Crippen molar-refractivity contribution >= 4 is 15.9 Å². The van der Waals surface area contributed by atoms with Crippen LogP contribution in [0.3, 0.4) is 0 Å². The largest absolute Gasteiger partial charge is 0.220 e. The zero-order valence-electron chi connectivity index (χ0n) is 11.0. The van der Waals surface area contributed by atoms with E-state index >= 15 is 0 Å². The smallest absolute Gasteiger partial charge is 0.0967 e. The lowest BCUT2D eigenvalue weighted by molar-refractivity contribution is 0.789. The van der Waals surface area contributed by atoms with Gasteiger partial charge in [-0.05, 0) is 43.0 Å². The number of rotatable bonds is 4. The molecule has 1 aromatic carbocycles. The van der Waals surface area contributed by atoms with Crippen LogP contribution in [0.5, 0.6) is 0 Å². The van der Waals surface area contributed by atoms with Crippen molar-refractivity contribution in [2.75, 3.05) is 0 Å². The number of hydrogen-bond donors (Lipinski definition) is 0. The summed E-state index contributed by atoms with van der Waals surface area (Å²) < 4.78 is 1.85. The first-order valence-corrected chi connectivity index (χ1v) is 7.23. The van der Waals surface area contributed by atoms with Crippen molar-refractivity contribution in [1.29, 1.82) is 0 Å². The van der Waals surface area contributed by atoms with E-state index < -0.39 is 0 Å². The second-order valence-corrected chi connectivity index (χ2v) is 5.53. The molecular formula is C14H18BrN3. The minimum Gasteiger partial charge on any atom is -0.220 e. The van der Waals surface area contributed by atoms with Gasteiger partial charge in [0.1, 0.15) is 0 Å². The Kier molecular flexibility index (Phi) is 4.17. The molecule has 0 aliphatic rings. The van der Waals surface area contributed by atoms with Crippen molar-refractivity contribution in [1.82, 2.24) is 15.0 Å². The maximum Gasteiger partial charge on any atom is 0.0967 e. The number of halogens is 1. The van der Waals surface area contributed by atoms with Crippen molar-refractivity contribution in [2.45, 2.75) is 38.4 Å². The van der Waals surface area contributed by atoms with Gasteiger partial charge >= 0.3 is 0 Å². The van der Waals surface area contributed by atoms with Gasteiger partial charge in [0, 0.05) is 0 Å². The van der Waals surface area contributed by atoms with Gasteiger partial charge in [0.05, 0.1) is 22.4 Å². The van der Waals surface area contributed by atoms with Gasteiger partial charge in [0.2, 0.25) is 0 Å². The number of alkyl halides is 1. The van der Waals surface area contributed by atoms with Crippen LogP contribution in [0, 0.1) is 6.92 Å². The highest BCUT2D eigenvalue weighted by molar-refractivity contribution is 9.09. The maximum absolute atomic E-state index is 4.21. The molecule has 1 aromatic heterocycles. The van der Waals surface area contributed by atoms with E-state index in [1.165, 1.54) is 11.1 Å². The molecule has 0 spiro atoms. The summed E-state index contributed by atoms with van der Waals surface area (Å²) in [5.41, 5.74) is 4.74. The van der Waals surface area contributed by atoms with Crippen LogP contribution in [-0.4, -0.2) is 15.0 Å². The van der Waals surface area contributed by atoms with E-state index in [4.69, 9.17) is 0 Å². The van der Waals surface area contributed by atoms with E-state index in [1.54, 1.807) is 0 Å². The Morgan fingerprint density at radius 1 is 1.33 bits per heavy atom. The number of aromatic nitrogens is 3. The van der Waals surface area contributed by atoms with Crippen LogP contribution in [0.2, 0.25) is 0 Å². The summed E-state index contributed by atoms with van der Waals surface area (Å²) in [5.74, 6) is 0. The molecule has 0 aliphatic heterocycles. The molecule has 0 bridgehead atoms. The molecule has 0 N–H and O–H groups in total. The van der Waals surface area contributed by atoms with E-state index in [9.17, 15) is 0 Å². The fourth-order valence-corrected chi connectivity index (χ4v) is 2.15. The molecule has 3 nitrogen and oxygen atoms in total. The fourth-order valence-electron chi connectivity index (χ4n) is 1.94. The lowest BCUT2D eigenvalue weighted by atomic mass is 10.1. The molecule has 96 valence electrons. The first-order valence-electron chi connectivity index (χ1n) is 6.32.